The van der Waals surface area contributed by atoms with Gasteiger partial charge in [-0.1, -0.05) is 30.4 Å². The highest BCUT2D eigenvalue weighted by molar-refractivity contribution is 7.22. The minimum atomic E-state index is 0.815. The molecule has 0 bridgehead atoms. The van der Waals surface area contributed by atoms with E-state index in [-0.39, 0.29) is 0 Å². The number of piperidine rings is 1. The van der Waals surface area contributed by atoms with E-state index in [0.717, 1.165) is 24.5 Å². The minimum absolute atomic E-state index is 0.815. The van der Waals surface area contributed by atoms with Crippen LogP contribution in [0.1, 0.15) is 26.2 Å². The van der Waals surface area contributed by atoms with Crippen molar-refractivity contribution in [3.05, 3.63) is 24.3 Å². The minimum Gasteiger partial charge on any atom is -0.348 e. The molecule has 1 aliphatic rings. The lowest BCUT2D eigenvalue weighted by atomic mass is 9.97. The van der Waals surface area contributed by atoms with Crippen molar-refractivity contribution < 1.29 is 0 Å². The molecule has 3 rings (SSSR count). The number of anilines is 1. The molecule has 0 radical (unpaired) electrons. The van der Waals surface area contributed by atoms with Crippen LogP contribution in [0.15, 0.2) is 24.3 Å². The lowest BCUT2D eigenvalue weighted by Gasteiger charge is -2.29. The number of para-hydroxylation sites is 1. The Bertz CT molecular complexity index is 512. The van der Waals surface area contributed by atoms with Gasteiger partial charge in [0.05, 0.1) is 10.2 Å². The third kappa shape index (κ3) is 3.13. The zero-order chi connectivity index (χ0) is 13.8. The summed E-state index contributed by atoms with van der Waals surface area (Å²) in [7, 11) is 0. The van der Waals surface area contributed by atoms with Crippen molar-refractivity contribution >= 4 is 26.7 Å². The number of aromatic nitrogens is 1. The lowest BCUT2D eigenvalue weighted by molar-refractivity contribution is 0.373. The smallest absolute Gasteiger partial charge is 0.186 e. The maximum Gasteiger partial charge on any atom is 0.186 e. The molecule has 0 saturated carbocycles. The van der Waals surface area contributed by atoms with E-state index in [9.17, 15) is 0 Å². The SMILES string of the molecule is CCCN(CC1CCNCC1)c1nc2ccccc2s1. The Morgan fingerprint density at radius 3 is 2.85 bits per heavy atom. The van der Waals surface area contributed by atoms with E-state index in [1.165, 1.54) is 42.2 Å². The molecule has 1 aliphatic heterocycles. The monoisotopic (exact) mass is 289 g/mol. The standard InChI is InChI=1S/C16H23N3S/c1-2-11-19(12-13-7-9-17-10-8-13)16-18-14-5-3-4-6-15(14)20-16/h3-6,13,17H,2,7-12H2,1H3. The van der Waals surface area contributed by atoms with Crippen molar-refractivity contribution in [1.82, 2.24) is 10.3 Å². The van der Waals surface area contributed by atoms with Gasteiger partial charge in [-0.05, 0) is 50.4 Å². The van der Waals surface area contributed by atoms with Gasteiger partial charge in [-0.15, -0.1) is 0 Å². The lowest BCUT2D eigenvalue weighted by Crippen LogP contribution is -2.36. The number of thiazole rings is 1. The van der Waals surface area contributed by atoms with Crippen LogP contribution in [-0.4, -0.2) is 31.2 Å². The van der Waals surface area contributed by atoms with Gasteiger partial charge in [0.15, 0.2) is 5.13 Å². The third-order valence-corrected chi connectivity index (χ3v) is 5.08. The van der Waals surface area contributed by atoms with Crippen molar-refractivity contribution in [2.45, 2.75) is 26.2 Å². The molecule has 108 valence electrons. The van der Waals surface area contributed by atoms with Gasteiger partial charge in [-0.3, -0.25) is 0 Å². The van der Waals surface area contributed by atoms with Crippen molar-refractivity contribution in [2.75, 3.05) is 31.1 Å². The first-order valence-corrected chi connectivity index (χ1v) is 8.49. The Morgan fingerprint density at radius 1 is 1.30 bits per heavy atom. The average Bonchev–Trinajstić information content (AvgIpc) is 2.92. The van der Waals surface area contributed by atoms with Crippen LogP contribution in [0.5, 0.6) is 0 Å². The molecule has 1 saturated heterocycles. The normalized spacial score (nSPS) is 16.6. The van der Waals surface area contributed by atoms with Gasteiger partial charge in [-0.2, -0.15) is 0 Å². The first-order valence-electron chi connectivity index (χ1n) is 7.68. The second-order valence-corrected chi connectivity index (χ2v) is 6.61. The fourth-order valence-corrected chi connectivity index (χ4v) is 3.91. The van der Waals surface area contributed by atoms with Crippen LogP contribution in [0.25, 0.3) is 10.2 Å². The molecule has 1 aromatic carbocycles. The van der Waals surface area contributed by atoms with Gasteiger partial charge in [0, 0.05) is 13.1 Å². The molecule has 0 unspecified atom stereocenters. The molecular formula is C16H23N3S. The topological polar surface area (TPSA) is 28.2 Å². The molecule has 1 N–H and O–H groups in total. The van der Waals surface area contributed by atoms with E-state index in [1.54, 1.807) is 0 Å². The second kappa shape index (κ2) is 6.55. The van der Waals surface area contributed by atoms with Crippen LogP contribution in [-0.2, 0) is 0 Å². The second-order valence-electron chi connectivity index (χ2n) is 5.60. The van der Waals surface area contributed by atoms with E-state index >= 15 is 0 Å². The Morgan fingerprint density at radius 2 is 2.10 bits per heavy atom. The van der Waals surface area contributed by atoms with E-state index in [1.807, 2.05) is 11.3 Å². The number of fused-ring (bicyclic) bond motifs is 1. The summed E-state index contributed by atoms with van der Waals surface area (Å²) in [5.41, 5.74) is 1.14. The van der Waals surface area contributed by atoms with Gasteiger partial charge in [0.25, 0.3) is 0 Å². The van der Waals surface area contributed by atoms with Crippen LogP contribution < -0.4 is 10.2 Å². The van der Waals surface area contributed by atoms with Gasteiger partial charge in [0.2, 0.25) is 0 Å². The van der Waals surface area contributed by atoms with Gasteiger partial charge in [0.1, 0.15) is 0 Å². The van der Waals surface area contributed by atoms with E-state index in [2.05, 4.69) is 41.4 Å². The highest BCUT2D eigenvalue weighted by atomic mass is 32.1. The van der Waals surface area contributed by atoms with E-state index < -0.39 is 0 Å². The van der Waals surface area contributed by atoms with Crippen LogP contribution >= 0.6 is 11.3 Å². The van der Waals surface area contributed by atoms with Crippen LogP contribution in [0.3, 0.4) is 0 Å². The maximum absolute atomic E-state index is 4.83. The van der Waals surface area contributed by atoms with Gasteiger partial charge >= 0.3 is 0 Å². The molecule has 0 aliphatic carbocycles. The summed E-state index contributed by atoms with van der Waals surface area (Å²) in [6, 6.07) is 8.46. The highest BCUT2D eigenvalue weighted by Crippen LogP contribution is 2.30. The molecule has 3 nitrogen and oxygen atoms in total. The van der Waals surface area contributed by atoms with E-state index in [0.29, 0.717) is 0 Å². The average molecular weight is 289 g/mol. The largest absolute Gasteiger partial charge is 0.348 e. The third-order valence-electron chi connectivity index (χ3n) is 3.98. The molecule has 2 heterocycles. The number of benzene rings is 1. The van der Waals surface area contributed by atoms with Crippen LogP contribution in [0, 0.1) is 5.92 Å². The highest BCUT2D eigenvalue weighted by Gasteiger charge is 2.19. The van der Waals surface area contributed by atoms with Crippen LogP contribution in [0.4, 0.5) is 5.13 Å². The molecule has 0 atom stereocenters. The quantitative estimate of drug-likeness (QED) is 0.913. The zero-order valence-corrected chi connectivity index (χ0v) is 13.0. The summed E-state index contributed by atoms with van der Waals surface area (Å²) in [6.45, 7) is 6.87. The molecule has 1 fully saturated rings. The molecule has 20 heavy (non-hydrogen) atoms. The van der Waals surface area contributed by atoms with Crippen molar-refractivity contribution in [3.8, 4) is 0 Å². The fourth-order valence-electron chi connectivity index (χ4n) is 2.91. The predicted molar refractivity (Wildman–Crippen MR) is 87.7 cm³/mol. The Hall–Kier alpha value is -1.13. The van der Waals surface area contributed by atoms with Crippen molar-refractivity contribution in [1.29, 1.82) is 0 Å². The summed E-state index contributed by atoms with van der Waals surface area (Å²) in [6.07, 6.45) is 3.77. The summed E-state index contributed by atoms with van der Waals surface area (Å²) >= 11 is 1.83. The summed E-state index contributed by atoms with van der Waals surface area (Å²) < 4.78 is 1.30. The molecule has 2 aromatic rings. The molecule has 0 spiro atoms. The predicted octanol–water partition coefficient (Wildman–Crippen LogP) is 3.51. The summed E-state index contributed by atoms with van der Waals surface area (Å²) in [5, 5.41) is 4.65. The number of hydrogen-bond acceptors (Lipinski definition) is 4. The van der Waals surface area contributed by atoms with Crippen molar-refractivity contribution in [3.63, 3.8) is 0 Å². The van der Waals surface area contributed by atoms with E-state index in [4.69, 9.17) is 4.98 Å². The Labute approximate surface area is 125 Å². The fraction of sp³-hybridized carbons (Fsp3) is 0.562. The summed E-state index contributed by atoms with van der Waals surface area (Å²) in [4.78, 5) is 7.33. The number of hydrogen-bond donors (Lipinski definition) is 1. The zero-order valence-electron chi connectivity index (χ0n) is 12.1. The Kier molecular flexibility index (Phi) is 4.53. The molecule has 4 heteroatoms. The molecule has 1 aromatic heterocycles. The first kappa shape index (κ1) is 13.8. The molecule has 0 amide bonds. The van der Waals surface area contributed by atoms with Gasteiger partial charge < -0.3 is 10.2 Å². The number of rotatable bonds is 5. The molecular weight excluding hydrogens is 266 g/mol. The van der Waals surface area contributed by atoms with Crippen molar-refractivity contribution in [2.24, 2.45) is 5.92 Å². The Balaban J connectivity index is 1.77. The van der Waals surface area contributed by atoms with Gasteiger partial charge in [-0.25, -0.2) is 4.98 Å². The maximum atomic E-state index is 4.83. The number of nitrogens with one attached hydrogen (secondary N) is 1. The summed E-state index contributed by atoms with van der Waals surface area (Å²) in [5.74, 6) is 0.815. The van der Waals surface area contributed by atoms with Crippen LogP contribution in [0.2, 0.25) is 0 Å². The number of nitrogens with zero attached hydrogens (tertiary/aromatic N) is 2. The first-order chi connectivity index (χ1) is 9.86.